The number of rotatable bonds is 6. The number of thioether (sulfide) groups is 1. The van der Waals surface area contributed by atoms with Crippen molar-refractivity contribution in [3.8, 4) is 11.3 Å². The van der Waals surface area contributed by atoms with Crippen LogP contribution in [0.2, 0.25) is 5.02 Å². The number of carbonyl (C=O) groups is 1. The van der Waals surface area contributed by atoms with E-state index in [0.717, 1.165) is 29.9 Å². The van der Waals surface area contributed by atoms with Gasteiger partial charge in [0, 0.05) is 35.1 Å². The molecule has 1 saturated heterocycles. The van der Waals surface area contributed by atoms with Crippen LogP contribution < -0.4 is 10.2 Å². The van der Waals surface area contributed by atoms with Crippen molar-refractivity contribution in [2.75, 3.05) is 29.1 Å². The number of aromatic nitrogens is 2. The summed E-state index contributed by atoms with van der Waals surface area (Å²) in [7, 11) is 0. The number of anilines is 2. The maximum absolute atomic E-state index is 12.2. The molecule has 3 aromatic rings. The molecule has 160 valence electrons. The van der Waals surface area contributed by atoms with E-state index in [2.05, 4.69) is 44.7 Å². The van der Waals surface area contributed by atoms with Gasteiger partial charge in [0.05, 0.1) is 11.4 Å². The highest BCUT2D eigenvalue weighted by Crippen LogP contribution is 2.25. The molecular weight excluding hydrogens is 428 g/mol. The summed E-state index contributed by atoms with van der Waals surface area (Å²) in [5.41, 5.74) is 4.80. The minimum absolute atomic E-state index is 0.107. The number of hydrogen-bond donors (Lipinski definition) is 1. The highest BCUT2D eigenvalue weighted by molar-refractivity contribution is 7.99. The van der Waals surface area contributed by atoms with Gasteiger partial charge < -0.3 is 10.2 Å². The predicted octanol–water partition coefficient (Wildman–Crippen LogP) is 5.83. The average molecular weight is 453 g/mol. The van der Waals surface area contributed by atoms with Crippen LogP contribution in [0.4, 0.5) is 11.4 Å². The molecule has 31 heavy (non-hydrogen) atoms. The maximum Gasteiger partial charge on any atom is 0.234 e. The highest BCUT2D eigenvalue weighted by Gasteiger charge is 2.11. The number of benzene rings is 2. The van der Waals surface area contributed by atoms with Gasteiger partial charge in [-0.1, -0.05) is 41.6 Å². The smallest absolute Gasteiger partial charge is 0.234 e. The first kappa shape index (κ1) is 21.7. The molecule has 1 aliphatic rings. The van der Waals surface area contributed by atoms with E-state index in [9.17, 15) is 4.79 Å². The van der Waals surface area contributed by atoms with E-state index in [1.54, 1.807) is 6.07 Å². The fraction of sp³-hybridized carbons (Fsp3) is 0.292. The Balaban J connectivity index is 1.31. The number of piperidine rings is 1. The standard InChI is InChI=1S/C24H25ClN4OS/c1-17-5-8-19(15-21(17)25)26-23(30)16-31-24-12-11-22(27-28-24)18-6-9-20(10-7-18)29-13-3-2-4-14-29/h5-12,15H,2-4,13-14,16H2,1H3,(H,26,30). The predicted molar refractivity (Wildman–Crippen MR) is 129 cm³/mol. The summed E-state index contributed by atoms with van der Waals surface area (Å²) in [6, 6.07) is 17.8. The zero-order chi connectivity index (χ0) is 21.6. The fourth-order valence-electron chi connectivity index (χ4n) is 3.55. The minimum atomic E-state index is -0.107. The summed E-state index contributed by atoms with van der Waals surface area (Å²) in [5.74, 6) is 0.147. The molecule has 2 heterocycles. The lowest BCUT2D eigenvalue weighted by Gasteiger charge is -2.28. The molecule has 0 bridgehead atoms. The maximum atomic E-state index is 12.2. The third-order valence-electron chi connectivity index (χ3n) is 5.33. The van der Waals surface area contributed by atoms with E-state index in [1.165, 1.54) is 36.7 Å². The first-order valence-electron chi connectivity index (χ1n) is 10.5. The van der Waals surface area contributed by atoms with Crippen LogP contribution >= 0.6 is 23.4 Å². The van der Waals surface area contributed by atoms with E-state index in [1.807, 2.05) is 31.2 Å². The topological polar surface area (TPSA) is 58.1 Å². The number of carbonyl (C=O) groups excluding carboxylic acids is 1. The van der Waals surface area contributed by atoms with Crippen LogP contribution in [0.1, 0.15) is 24.8 Å². The summed E-state index contributed by atoms with van der Waals surface area (Å²) in [4.78, 5) is 14.6. The number of nitrogens with one attached hydrogen (secondary N) is 1. The molecular formula is C24H25ClN4OS. The van der Waals surface area contributed by atoms with E-state index >= 15 is 0 Å². The van der Waals surface area contributed by atoms with E-state index in [4.69, 9.17) is 11.6 Å². The monoisotopic (exact) mass is 452 g/mol. The number of aryl methyl sites for hydroxylation is 1. The SMILES string of the molecule is Cc1ccc(NC(=O)CSc2ccc(-c3ccc(N4CCCCC4)cc3)nn2)cc1Cl. The average Bonchev–Trinajstić information content (AvgIpc) is 2.81. The molecule has 4 rings (SSSR count). The quantitative estimate of drug-likeness (QED) is 0.477. The second-order valence-corrected chi connectivity index (χ2v) is 9.06. The lowest BCUT2D eigenvalue weighted by atomic mass is 10.1. The molecule has 0 saturated carbocycles. The van der Waals surface area contributed by atoms with Crippen LogP contribution in [0.3, 0.4) is 0 Å². The second kappa shape index (κ2) is 10.2. The minimum Gasteiger partial charge on any atom is -0.372 e. The highest BCUT2D eigenvalue weighted by atomic mass is 35.5. The summed E-state index contributed by atoms with van der Waals surface area (Å²) in [5, 5.41) is 12.8. The van der Waals surface area contributed by atoms with Crippen molar-refractivity contribution in [1.29, 1.82) is 0 Å². The normalized spacial score (nSPS) is 13.8. The molecule has 0 atom stereocenters. The molecule has 7 heteroatoms. The van der Waals surface area contributed by atoms with E-state index in [-0.39, 0.29) is 11.7 Å². The van der Waals surface area contributed by atoms with Crippen LogP contribution in [-0.2, 0) is 4.79 Å². The zero-order valence-corrected chi connectivity index (χ0v) is 19.0. The van der Waals surface area contributed by atoms with Gasteiger partial charge in [0.1, 0.15) is 5.03 Å². The molecule has 0 unspecified atom stereocenters. The summed E-state index contributed by atoms with van der Waals surface area (Å²) in [6.07, 6.45) is 3.86. The first-order chi connectivity index (χ1) is 15.1. The first-order valence-corrected chi connectivity index (χ1v) is 11.8. The van der Waals surface area contributed by atoms with E-state index < -0.39 is 0 Å². The van der Waals surface area contributed by atoms with Crippen LogP contribution in [0.25, 0.3) is 11.3 Å². The van der Waals surface area contributed by atoms with Crippen molar-refractivity contribution < 1.29 is 4.79 Å². The number of nitrogens with zero attached hydrogens (tertiary/aromatic N) is 3. The number of halogens is 1. The third-order valence-corrected chi connectivity index (χ3v) is 6.66. The zero-order valence-electron chi connectivity index (χ0n) is 17.5. The summed E-state index contributed by atoms with van der Waals surface area (Å²) >= 11 is 7.46. The van der Waals surface area contributed by atoms with Crippen molar-refractivity contribution in [3.63, 3.8) is 0 Å². The summed E-state index contributed by atoms with van der Waals surface area (Å²) < 4.78 is 0. The Morgan fingerprint density at radius 3 is 2.48 bits per heavy atom. The Labute approximate surface area is 192 Å². The summed E-state index contributed by atoms with van der Waals surface area (Å²) in [6.45, 7) is 4.19. The Kier molecular flexibility index (Phi) is 7.10. The molecule has 0 spiro atoms. The molecule has 5 nitrogen and oxygen atoms in total. The molecule has 1 fully saturated rings. The number of amides is 1. The largest absolute Gasteiger partial charge is 0.372 e. The Bertz CT molecular complexity index is 1030. The van der Waals surface area contributed by atoms with Gasteiger partial charge in [0.2, 0.25) is 5.91 Å². The molecule has 1 aliphatic heterocycles. The van der Waals surface area contributed by atoms with Crippen LogP contribution in [-0.4, -0.2) is 34.9 Å². The Hall–Kier alpha value is -2.57. The van der Waals surface area contributed by atoms with Gasteiger partial charge in [0.25, 0.3) is 0 Å². The van der Waals surface area contributed by atoms with Gasteiger partial charge in [-0.05, 0) is 68.1 Å². The molecule has 1 aromatic heterocycles. The van der Waals surface area contributed by atoms with Gasteiger partial charge in [-0.25, -0.2) is 0 Å². The van der Waals surface area contributed by atoms with Crippen molar-refractivity contribution in [1.82, 2.24) is 10.2 Å². The van der Waals surface area contributed by atoms with Gasteiger partial charge in [0.15, 0.2) is 0 Å². The Morgan fingerprint density at radius 2 is 1.81 bits per heavy atom. The molecule has 2 aromatic carbocycles. The molecule has 0 radical (unpaired) electrons. The van der Waals surface area contributed by atoms with Gasteiger partial charge in [-0.2, -0.15) is 0 Å². The second-order valence-electron chi connectivity index (χ2n) is 7.65. The number of hydrogen-bond acceptors (Lipinski definition) is 5. The molecule has 1 N–H and O–H groups in total. The fourth-order valence-corrected chi connectivity index (χ4v) is 4.35. The third kappa shape index (κ3) is 5.77. The van der Waals surface area contributed by atoms with Gasteiger partial charge >= 0.3 is 0 Å². The Morgan fingerprint density at radius 1 is 1.03 bits per heavy atom. The van der Waals surface area contributed by atoms with E-state index in [0.29, 0.717) is 15.7 Å². The van der Waals surface area contributed by atoms with Gasteiger partial charge in [-0.3, -0.25) is 4.79 Å². The van der Waals surface area contributed by atoms with Gasteiger partial charge in [-0.15, -0.1) is 10.2 Å². The lowest BCUT2D eigenvalue weighted by Crippen LogP contribution is -2.29. The molecule has 0 aliphatic carbocycles. The van der Waals surface area contributed by atoms with Crippen molar-refractivity contribution in [3.05, 3.63) is 65.2 Å². The lowest BCUT2D eigenvalue weighted by molar-refractivity contribution is -0.113. The molecule has 1 amide bonds. The van der Waals surface area contributed by atoms with Crippen molar-refractivity contribution >= 4 is 40.6 Å². The van der Waals surface area contributed by atoms with Crippen molar-refractivity contribution in [2.45, 2.75) is 31.2 Å². The van der Waals surface area contributed by atoms with Crippen LogP contribution in [0, 0.1) is 6.92 Å². The van der Waals surface area contributed by atoms with Crippen LogP contribution in [0.5, 0.6) is 0 Å². The van der Waals surface area contributed by atoms with Crippen LogP contribution in [0.15, 0.2) is 59.6 Å². The van der Waals surface area contributed by atoms with Crippen molar-refractivity contribution in [2.24, 2.45) is 0 Å².